The Kier molecular flexibility index (Phi) is 8.76. The molecule has 3 aromatic rings. The molecule has 1 aliphatic rings. The van der Waals surface area contributed by atoms with Gasteiger partial charge in [-0.1, -0.05) is 19.1 Å². The molecule has 37 heavy (non-hydrogen) atoms. The minimum absolute atomic E-state index is 0.0396. The third-order valence-electron chi connectivity index (χ3n) is 6.54. The molecule has 196 valence electrons. The summed E-state index contributed by atoms with van der Waals surface area (Å²) in [5.74, 6) is 0.955. The lowest BCUT2D eigenvalue weighted by molar-refractivity contribution is -0.132. The minimum atomic E-state index is -0.0396. The maximum atomic E-state index is 13.0. The van der Waals surface area contributed by atoms with Crippen LogP contribution in [0.15, 0.2) is 41.8 Å². The number of rotatable bonds is 10. The number of nitrogens with one attached hydrogen (secondary N) is 1. The maximum Gasteiger partial charge on any atom is 0.225 e. The number of amides is 2. The highest BCUT2D eigenvalue weighted by molar-refractivity contribution is 7.16. The molecule has 9 heteroatoms. The van der Waals surface area contributed by atoms with Crippen molar-refractivity contribution in [1.82, 2.24) is 14.5 Å². The second kappa shape index (κ2) is 12.2. The van der Waals surface area contributed by atoms with Crippen molar-refractivity contribution in [2.24, 2.45) is 4.99 Å². The lowest BCUT2D eigenvalue weighted by atomic mass is 9.97. The predicted octanol–water partition coefficient (Wildman–Crippen LogP) is 4.81. The van der Waals surface area contributed by atoms with Crippen LogP contribution >= 0.6 is 11.3 Å². The lowest BCUT2D eigenvalue weighted by Crippen LogP contribution is -2.35. The second-order valence-electron chi connectivity index (χ2n) is 9.36. The number of carbonyl (C=O) groups excluding carboxylic acids is 2. The molecule has 0 saturated carbocycles. The zero-order valence-corrected chi connectivity index (χ0v) is 22.8. The normalized spacial score (nSPS) is 14.0. The Labute approximate surface area is 222 Å². The molecule has 0 fully saturated rings. The predicted molar refractivity (Wildman–Crippen MR) is 148 cm³/mol. The van der Waals surface area contributed by atoms with E-state index in [1.807, 2.05) is 66.9 Å². The van der Waals surface area contributed by atoms with Gasteiger partial charge >= 0.3 is 0 Å². The summed E-state index contributed by atoms with van der Waals surface area (Å²) in [6, 6.07) is 7.92. The molecule has 2 aromatic heterocycles. The van der Waals surface area contributed by atoms with Gasteiger partial charge in [-0.2, -0.15) is 0 Å². The fourth-order valence-electron chi connectivity index (χ4n) is 4.63. The minimum Gasteiger partial charge on any atom is -0.494 e. The molecule has 1 atom stereocenters. The Balaban J connectivity index is 1.41. The van der Waals surface area contributed by atoms with E-state index in [0.717, 1.165) is 38.9 Å². The zero-order valence-electron chi connectivity index (χ0n) is 22.0. The average Bonchev–Trinajstić information content (AvgIpc) is 3.45. The van der Waals surface area contributed by atoms with Gasteiger partial charge in [-0.25, -0.2) is 4.98 Å². The van der Waals surface area contributed by atoms with E-state index in [9.17, 15) is 9.59 Å². The van der Waals surface area contributed by atoms with Gasteiger partial charge < -0.3 is 19.5 Å². The first-order valence-corrected chi connectivity index (χ1v) is 13.5. The molecule has 3 heterocycles. The van der Waals surface area contributed by atoms with Crippen molar-refractivity contribution < 1.29 is 14.3 Å². The molecule has 2 amide bonds. The molecule has 0 aliphatic carbocycles. The first-order valence-electron chi connectivity index (χ1n) is 12.7. The third kappa shape index (κ3) is 6.65. The van der Waals surface area contributed by atoms with Gasteiger partial charge in [-0.3, -0.25) is 14.6 Å². The highest BCUT2D eigenvalue weighted by atomic mass is 32.1. The van der Waals surface area contributed by atoms with Gasteiger partial charge in [0, 0.05) is 55.8 Å². The number of thiophene rings is 1. The Morgan fingerprint density at radius 3 is 2.92 bits per heavy atom. The quantitative estimate of drug-likeness (QED) is 0.388. The van der Waals surface area contributed by atoms with Gasteiger partial charge in [0.15, 0.2) is 0 Å². The van der Waals surface area contributed by atoms with Crippen LogP contribution in [0.5, 0.6) is 5.75 Å². The molecule has 0 bridgehead atoms. The Bertz CT molecular complexity index is 1280. The van der Waals surface area contributed by atoms with Crippen LogP contribution in [0.2, 0.25) is 0 Å². The second-order valence-corrected chi connectivity index (χ2v) is 10.5. The van der Waals surface area contributed by atoms with Crippen molar-refractivity contribution in [3.05, 3.63) is 64.1 Å². The number of aryl methyl sites for hydroxylation is 2. The molecule has 1 unspecified atom stereocenters. The third-order valence-corrected chi connectivity index (χ3v) is 7.69. The Morgan fingerprint density at radius 2 is 2.19 bits per heavy atom. The molecular formula is C28H35N5O3S. The number of anilines is 1. The summed E-state index contributed by atoms with van der Waals surface area (Å²) in [4.78, 5) is 37.4. The molecule has 1 aromatic carbocycles. The fraction of sp³-hybridized carbons (Fsp3) is 0.429. The topological polar surface area (TPSA) is 88.8 Å². The number of fused-ring (bicyclic) bond motifs is 1. The summed E-state index contributed by atoms with van der Waals surface area (Å²) in [6.07, 6.45) is 7.07. The summed E-state index contributed by atoms with van der Waals surface area (Å²) >= 11 is 1.55. The summed E-state index contributed by atoms with van der Waals surface area (Å²) in [7, 11) is 1.74. The molecular weight excluding hydrogens is 486 g/mol. The Morgan fingerprint density at radius 1 is 1.35 bits per heavy atom. The van der Waals surface area contributed by atoms with Gasteiger partial charge in [-0.15, -0.1) is 11.3 Å². The molecule has 0 spiro atoms. The number of benzene rings is 1. The van der Waals surface area contributed by atoms with Crippen LogP contribution in [0.3, 0.4) is 0 Å². The van der Waals surface area contributed by atoms with E-state index in [1.54, 1.807) is 24.7 Å². The number of aromatic nitrogens is 2. The largest absolute Gasteiger partial charge is 0.494 e. The number of imidazole rings is 1. The van der Waals surface area contributed by atoms with E-state index in [4.69, 9.17) is 4.74 Å². The van der Waals surface area contributed by atoms with E-state index in [1.165, 1.54) is 5.56 Å². The summed E-state index contributed by atoms with van der Waals surface area (Å²) in [5.41, 5.74) is 4.16. The van der Waals surface area contributed by atoms with Crippen molar-refractivity contribution in [2.75, 3.05) is 25.5 Å². The molecule has 0 radical (unpaired) electrons. The molecule has 4 rings (SSSR count). The molecule has 0 saturated heterocycles. The van der Waals surface area contributed by atoms with E-state index in [-0.39, 0.29) is 17.7 Å². The number of ether oxygens (including phenoxy) is 1. The van der Waals surface area contributed by atoms with Crippen LogP contribution in [0.25, 0.3) is 0 Å². The van der Waals surface area contributed by atoms with Crippen molar-refractivity contribution in [3.8, 4) is 5.75 Å². The van der Waals surface area contributed by atoms with Crippen molar-refractivity contribution >= 4 is 34.4 Å². The number of hydrogen-bond acceptors (Lipinski definition) is 6. The van der Waals surface area contributed by atoms with Gasteiger partial charge in [0.1, 0.15) is 10.8 Å². The highest BCUT2D eigenvalue weighted by Gasteiger charge is 2.27. The standard InChI is InChI=1S/C28H35N5O3S/c1-5-36-22-8-6-7-21(14-22)19(2)13-26(34)31-28-24(15-29-4)23-9-12-33(17-25(23)37-28)27(35)10-11-32-16-20(3)30-18-32/h6-8,14-16,18-19H,5,9-13,17H2,1-4H3,(H,31,34). The summed E-state index contributed by atoms with van der Waals surface area (Å²) in [6.45, 7) is 8.39. The monoisotopic (exact) mass is 521 g/mol. The van der Waals surface area contributed by atoms with Gasteiger partial charge in [-0.05, 0) is 49.4 Å². The first kappa shape index (κ1) is 26.6. The highest BCUT2D eigenvalue weighted by Crippen LogP contribution is 2.37. The molecule has 1 N–H and O–H groups in total. The lowest BCUT2D eigenvalue weighted by Gasteiger charge is -2.27. The Hall–Kier alpha value is -3.46. The van der Waals surface area contributed by atoms with Crippen LogP contribution in [0.4, 0.5) is 5.00 Å². The van der Waals surface area contributed by atoms with Crippen molar-refractivity contribution in [2.45, 2.75) is 59.0 Å². The van der Waals surface area contributed by atoms with E-state index in [2.05, 4.69) is 15.3 Å². The van der Waals surface area contributed by atoms with Crippen LogP contribution in [-0.2, 0) is 29.1 Å². The SMILES string of the molecule is CCOc1cccc(C(C)CC(=O)Nc2sc3c(c2C=NC)CCN(C(=O)CCn2cnc(C)c2)C3)c1. The number of nitrogens with zero attached hydrogens (tertiary/aromatic N) is 4. The van der Waals surface area contributed by atoms with Crippen LogP contribution in [0.1, 0.15) is 59.9 Å². The average molecular weight is 522 g/mol. The first-order chi connectivity index (χ1) is 17.9. The van der Waals surface area contributed by atoms with E-state index < -0.39 is 0 Å². The molecule has 1 aliphatic heterocycles. The van der Waals surface area contributed by atoms with E-state index >= 15 is 0 Å². The number of aliphatic imine (C=N–C) groups is 1. The van der Waals surface area contributed by atoms with Gasteiger partial charge in [0.2, 0.25) is 11.8 Å². The van der Waals surface area contributed by atoms with Crippen LogP contribution in [-0.4, -0.2) is 52.7 Å². The zero-order chi connectivity index (χ0) is 26.4. The van der Waals surface area contributed by atoms with E-state index in [0.29, 0.717) is 39.1 Å². The maximum absolute atomic E-state index is 13.0. The van der Waals surface area contributed by atoms with Crippen LogP contribution < -0.4 is 10.1 Å². The van der Waals surface area contributed by atoms with Gasteiger partial charge in [0.25, 0.3) is 0 Å². The van der Waals surface area contributed by atoms with Crippen molar-refractivity contribution in [1.29, 1.82) is 0 Å². The summed E-state index contributed by atoms with van der Waals surface area (Å²) < 4.78 is 7.55. The fourth-order valence-corrected chi connectivity index (χ4v) is 5.88. The van der Waals surface area contributed by atoms with Crippen LogP contribution in [0, 0.1) is 6.92 Å². The van der Waals surface area contributed by atoms with Crippen molar-refractivity contribution in [3.63, 3.8) is 0 Å². The summed E-state index contributed by atoms with van der Waals surface area (Å²) in [5, 5.41) is 3.93. The number of carbonyl (C=O) groups is 2. The molecule has 8 nitrogen and oxygen atoms in total. The van der Waals surface area contributed by atoms with Gasteiger partial charge in [0.05, 0.1) is 25.2 Å². The number of hydrogen-bond donors (Lipinski definition) is 1. The smallest absolute Gasteiger partial charge is 0.225 e.